The fourth-order valence-corrected chi connectivity index (χ4v) is 3.24. The van der Waals surface area contributed by atoms with Crippen molar-refractivity contribution in [1.29, 1.82) is 0 Å². The van der Waals surface area contributed by atoms with E-state index in [0.717, 1.165) is 43.7 Å². The molecule has 1 heterocycles. The molecule has 0 aliphatic carbocycles. The van der Waals surface area contributed by atoms with Gasteiger partial charge in [-0.3, -0.25) is 9.59 Å². The molecule has 7 heteroatoms. The van der Waals surface area contributed by atoms with Crippen LogP contribution in [0.3, 0.4) is 0 Å². The van der Waals surface area contributed by atoms with Gasteiger partial charge in [0.05, 0.1) is 19.3 Å². The number of hydrogen-bond acceptors (Lipinski definition) is 5. The minimum Gasteiger partial charge on any atom is -0.494 e. The first-order valence-corrected chi connectivity index (χ1v) is 10.9. The first kappa shape index (κ1) is 22.6. The van der Waals surface area contributed by atoms with E-state index in [2.05, 4.69) is 22.9 Å². The summed E-state index contributed by atoms with van der Waals surface area (Å²) in [5.41, 5.74) is 1.92. The van der Waals surface area contributed by atoms with Crippen molar-refractivity contribution >= 4 is 23.2 Å². The van der Waals surface area contributed by atoms with Crippen LogP contribution in [0.1, 0.15) is 43.0 Å². The Hall–Kier alpha value is -3.06. The number of ether oxygens (including phenoxy) is 2. The quantitative estimate of drug-likeness (QED) is 0.476. The maximum atomic E-state index is 12.4. The summed E-state index contributed by atoms with van der Waals surface area (Å²) in [6.45, 7) is 4.20. The summed E-state index contributed by atoms with van der Waals surface area (Å²) in [7, 11) is 0. The van der Waals surface area contributed by atoms with Gasteiger partial charge in [0.15, 0.2) is 0 Å². The molecular weight excluding hydrogens is 394 g/mol. The Morgan fingerprint density at radius 3 is 2.71 bits per heavy atom. The number of carbonyl (C=O) groups is 2. The van der Waals surface area contributed by atoms with Crippen LogP contribution in [0, 0.1) is 0 Å². The van der Waals surface area contributed by atoms with E-state index >= 15 is 0 Å². The van der Waals surface area contributed by atoms with E-state index in [9.17, 15) is 9.59 Å². The molecule has 7 nitrogen and oxygen atoms in total. The van der Waals surface area contributed by atoms with Crippen LogP contribution < -0.4 is 20.7 Å². The highest BCUT2D eigenvalue weighted by molar-refractivity contribution is 5.98. The number of amides is 2. The van der Waals surface area contributed by atoms with Gasteiger partial charge in [0.25, 0.3) is 5.91 Å². The standard InChI is InChI=1S/C24H31N3O4/c1-2-3-13-30-21-11-9-19(10-12-21)25-17-23(28)27-20-7-4-6-18(15-20)24(29)26-16-22-8-5-14-31-22/h4,6-7,9-12,15,22,25H,2-3,5,8,13-14,16-17H2,1H3,(H,26,29)(H,27,28). The SMILES string of the molecule is CCCCOc1ccc(NCC(=O)Nc2cccc(C(=O)NCC3CCCO3)c2)cc1. The Morgan fingerprint density at radius 2 is 1.97 bits per heavy atom. The summed E-state index contributed by atoms with van der Waals surface area (Å²) in [5, 5.41) is 8.80. The molecule has 2 aromatic rings. The van der Waals surface area contributed by atoms with Crippen LogP contribution >= 0.6 is 0 Å². The number of nitrogens with one attached hydrogen (secondary N) is 3. The minimum absolute atomic E-state index is 0.0925. The van der Waals surface area contributed by atoms with Crippen molar-refractivity contribution in [2.75, 3.05) is 36.9 Å². The first-order chi connectivity index (χ1) is 15.1. The van der Waals surface area contributed by atoms with Crippen molar-refractivity contribution in [2.24, 2.45) is 0 Å². The van der Waals surface area contributed by atoms with Gasteiger partial charge in [0, 0.05) is 30.1 Å². The van der Waals surface area contributed by atoms with Crippen LogP contribution in [0.2, 0.25) is 0 Å². The maximum absolute atomic E-state index is 12.4. The molecular formula is C24H31N3O4. The third-order valence-electron chi connectivity index (χ3n) is 5.00. The van der Waals surface area contributed by atoms with Crippen LogP contribution in [-0.4, -0.2) is 44.2 Å². The van der Waals surface area contributed by atoms with Crippen molar-refractivity contribution in [3.63, 3.8) is 0 Å². The van der Waals surface area contributed by atoms with Gasteiger partial charge in [-0.05, 0) is 61.7 Å². The lowest BCUT2D eigenvalue weighted by atomic mass is 10.1. The molecule has 2 aromatic carbocycles. The molecule has 2 amide bonds. The molecule has 3 rings (SSSR count). The second-order valence-corrected chi connectivity index (χ2v) is 7.55. The highest BCUT2D eigenvalue weighted by atomic mass is 16.5. The summed E-state index contributed by atoms with van der Waals surface area (Å²) in [6.07, 6.45) is 4.22. The maximum Gasteiger partial charge on any atom is 0.251 e. The van der Waals surface area contributed by atoms with Crippen LogP contribution in [0.15, 0.2) is 48.5 Å². The highest BCUT2D eigenvalue weighted by Crippen LogP contribution is 2.16. The molecule has 1 unspecified atom stereocenters. The van der Waals surface area contributed by atoms with Gasteiger partial charge in [-0.15, -0.1) is 0 Å². The van der Waals surface area contributed by atoms with E-state index < -0.39 is 0 Å². The van der Waals surface area contributed by atoms with Gasteiger partial charge in [0.1, 0.15) is 5.75 Å². The molecule has 3 N–H and O–H groups in total. The van der Waals surface area contributed by atoms with Crippen LogP contribution in [0.25, 0.3) is 0 Å². The lowest BCUT2D eigenvalue weighted by molar-refractivity contribution is -0.114. The molecule has 1 atom stereocenters. The molecule has 1 fully saturated rings. The zero-order valence-corrected chi connectivity index (χ0v) is 18.0. The lowest BCUT2D eigenvalue weighted by Crippen LogP contribution is -2.31. The number of benzene rings is 2. The number of carbonyl (C=O) groups excluding carboxylic acids is 2. The first-order valence-electron chi connectivity index (χ1n) is 10.9. The van der Waals surface area contributed by atoms with E-state index in [4.69, 9.17) is 9.47 Å². The fraction of sp³-hybridized carbons (Fsp3) is 0.417. The third kappa shape index (κ3) is 7.61. The smallest absolute Gasteiger partial charge is 0.251 e. The molecule has 166 valence electrons. The zero-order valence-electron chi connectivity index (χ0n) is 18.0. The van der Waals surface area contributed by atoms with Gasteiger partial charge in [-0.2, -0.15) is 0 Å². The number of rotatable bonds is 11. The van der Waals surface area contributed by atoms with Crippen molar-refractivity contribution in [2.45, 2.75) is 38.7 Å². The molecule has 31 heavy (non-hydrogen) atoms. The second-order valence-electron chi connectivity index (χ2n) is 7.55. The van der Waals surface area contributed by atoms with Crippen molar-refractivity contribution in [3.8, 4) is 5.75 Å². The molecule has 0 spiro atoms. The Morgan fingerprint density at radius 1 is 1.13 bits per heavy atom. The van der Waals surface area contributed by atoms with Crippen LogP contribution in [-0.2, 0) is 9.53 Å². The summed E-state index contributed by atoms with van der Waals surface area (Å²) in [5.74, 6) is 0.448. The average molecular weight is 426 g/mol. The van der Waals surface area contributed by atoms with E-state index in [-0.39, 0.29) is 24.5 Å². The molecule has 0 aromatic heterocycles. The average Bonchev–Trinajstić information content (AvgIpc) is 3.31. The Balaban J connectivity index is 1.43. The Labute approximate surface area is 183 Å². The molecule has 1 saturated heterocycles. The van der Waals surface area contributed by atoms with Gasteiger partial charge >= 0.3 is 0 Å². The molecule has 1 aliphatic heterocycles. The zero-order chi connectivity index (χ0) is 21.9. The predicted octanol–water partition coefficient (Wildman–Crippen LogP) is 3.82. The Bertz CT molecular complexity index is 848. The number of unbranched alkanes of at least 4 members (excludes halogenated alkanes) is 1. The molecule has 1 aliphatic rings. The summed E-state index contributed by atoms with van der Waals surface area (Å²) >= 11 is 0. The van der Waals surface area contributed by atoms with Gasteiger partial charge in [-0.25, -0.2) is 0 Å². The van der Waals surface area contributed by atoms with Gasteiger partial charge in [0.2, 0.25) is 5.91 Å². The minimum atomic E-state index is -0.194. The fourth-order valence-electron chi connectivity index (χ4n) is 3.24. The van der Waals surface area contributed by atoms with E-state index in [1.807, 2.05) is 24.3 Å². The molecule has 0 saturated carbocycles. The summed E-state index contributed by atoms with van der Waals surface area (Å²) in [4.78, 5) is 24.7. The van der Waals surface area contributed by atoms with Crippen molar-refractivity contribution in [3.05, 3.63) is 54.1 Å². The summed E-state index contributed by atoms with van der Waals surface area (Å²) < 4.78 is 11.2. The largest absolute Gasteiger partial charge is 0.494 e. The van der Waals surface area contributed by atoms with Crippen LogP contribution in [0.4, 0.5) is 11.4 Å². The second kappa shape index (κ2) is 12.0. The van der Waals surface area contributed by atoms with E-state index in [0.29, 0.717) is 24.4 Å². The molecule has 0 radical (unpaired) electrons. The lowest BCUT2D eigenvalue weighted by Gasteiger charge is -2.12. The van der Waals surface area contributed by atoms with E-state index in [1.165, 1.54) is 0 Å². The van der Waals surface area contributed by atoms with Crippen molar-refractivity contribution in [1.82, 2.24) is 5.32 Å². The monoisotopic (exact) mass is 425 g/mol. The van der Waals surface area contributed by atoms with Crippen LogP contribution in [0.5, 0.6) is 5.75 Å². The summed E-state index contributed by atoms with van der Waals surface area (Å²) in [6, 6.07) is 14.4. The van der Waals surface area contributed by atoms with E-state index in [1.54, 1.807) is 24.3 Å². The highest BCUT2D eigenvalue weighted by Gasteiger charge is 2.17. The number of anilines is 2. The normalized spacial score (nSPS) is 15.3. The van der Waals surface area contributed by atoms with Crippen molar-refractivity contribution < 1.29 is 19.1 Å². The van der Waals surface area contributed by atoms with Gasteiger partial charge in [-0.1, -0.05) is 19.4 Å². The predicted molar refractivity (Wildman–Crippen MR) is 122 cm³/mol. The van der Waals surface area contributed by atoms with Gasteiger partial charge < -0.3 is 25.4 Å². The third-order valence-corrected chi connectivity index (χ3v) is 5.00. The molecule has 0 bridgehead atoms. The Kier molecular flexibility index (Phi) is 8.72. The number of hydrogen-bond donors (Lipinski definition) is 3. The topological polar surface area (TPSA) is 88.7 Å².